The van der Waals surface area contributed by atoms with Crippen molar-refractivity contribution >= 4 is 40.5 Å². The summed E-state index contributed by atoms with van der Waals surface area (Å²) in [6.07, 6.45) is 0. The third kappa shape index (κ3) is 3.08. The van der Waals surface area contributed by atoms with E-state index in [2.05, 4.69) is 5.32 Å². The molecule has 1 nitrogen and oxygen atoms in total. The quantitative estimate of drug-likeness (QED) is 0.800. The Hall–Kier alpha value is -0.960. The lowest BCUT2D eigenvalue weighted by Gasteiger charge is -2.09. The molecule has 0 bridgehead atoms. The van der Waals surface area contributed by atoms with E-state index < -0.39 is 5.82 Å². The summed E-state index contributed by atoms with van der Waals surface area (Å²) in [6, 6.07) is 9.89. The number of rotatable bonds is 3. The molecule has 18 heavy (non-hydrogen) atoms. The van der Waals surface area contributed by atoms with Crippen molar-refractivity contribution in [1.82, 2.24) is 0 Å². The van der Waals surface area contributed by atoms with Crippen molar-refractivity contribution < 1.29 is 4.39 Å². The van der Waals surface area contributed by atoms with Gasteiger partial charge in [0.25, 0.3) is 0 Å². The van der Waals surface area contributed by atoms with Gasteiger partial charge in [0.15, 0.2) is 0 Å². The maximum absolute atomic E-state index is 13.2. The van der Waals surface area contributed by atoms with Gasteiger partial charge in [0.2, 0.25) is 0 Å². The molecule has 0 aromatic heterocycles. The number of halogens is 4. The molecule has 0 heterocycles. The Morgan fingerprint density at radius 1 is 1.00 bits per heavy atom. The van der Waals surface area contributed by atoms with E-state index in [0.29, 0.717) is 22.2 Å². The molecule has 5 heteroatoms. The van der Waals surface area contributed by atoms with Crippen molar-refractivity contribution in [2.75, 3.05) is 5.32 Å². The van der Waals surface area contributed by atoms with Crippen LogP contribution in [0.3, 0.4) is 0 Å². The summed E-state index contributed by atoms with van der Waals surface area (Å²) in [6.45, 7) is 0.411. The number of nitrogens with one attached hydrogen (secondary N) is 1. The van der Waals surface area contributed by atoms with Gasteiger partial charge in [-0.05, 0) is 29.8 Å². The minimum absolute atomic E-state index is 0.130. The first kappa shape index (κ1) is 13.5. The molecule has 0 fully saturated rings. The molecule has 0 radical (unpaired) electrons. The lowest BCUT2D eigenvalue weighted by Crippen LogP contribution is -2.00. The monoisotopic (exact) mass is 303 g/mol. The summed E-state index contributed by atoms with van der Waals surface area (Å²) in [7, 11) is 0. The molecule has 0 spiro atoms. The molecule has 94 valence electrons. The van der Waals surface area contributed by atoms with Crippen LogP contribution < -0.4 is 5.32 Å². The maximum Gasteiger partial charge on any atom is 0.142 e. The van der Waals surface area contributed by atoms with Crippen LogP contribution in [-0.2, 0) is 6.54 Å². The zero-order valence-electron chi connectivity index (χ0n) is 9.18. The van der Waals surface area contributed by atoms with Crippen LogP contribution in [0.15, 0.2) is 36.4 Å². The van der Waals surface area contributed by atoms with Crippen LogP contribution in [0.4, 0.5) is 10.1 Å². The molecule has 0 saturated heterocycles. The average molecular weight is 305 g/mol. The number of hydrogen-bond acceptors (Lipinski definition) is 1. The van der Waals surface area contributed by atoms with Crippen molar-refractivity contribution in [3.63, 3.8) is 0 Å². The van der Waals surface area contributed by atoms with Crippen LogP contribution >= 0.6 is 34.8 Å². The molecule has 0 aliphatic carbocycles. The van der Waals surface area contributed by atoms with Gasteiger partial charge in [0.1, 0.15) is 5.82 Å². The van der Waals surface area contributed by atoms with Gasteiger partial charge in [-0.3, -0.25) is 0 Å². The van der Waals surface area contributed by atoms with Crippen molar-refractivity contribution in [2.45, 2.75) is 6.54 Å². The molecular weight excluding hydrogens is 296 g/mol. The van der Waals surface area contributed by atoms with Crippen LogP contribution in [0.1, 0.15) is 5.56 Å². The average Bonchev–Trinajstić information content (AvgIpc) is 2.35. The number of anilines is 1. The molecule has 0 saturated carbocycles. The Labute approximate surface area is 119 Å². The van der Waals surface area contributed by atoms with Gasteiger partial charge in [-0.15, -0.1) is 0 Å². The Kier molecular flexibility index (Phi) is 4.33. The zero-order valence-corrected chi connectivity index (χ0v) is 11.5. The van der Waals surface area contributed by atoms with Crippen LogP contribution in [0.25, 0.3) is 0 Å². The van der Waals surface area contributed by atoms with Crippen LogP contribution in [0.5, 0.6) is 0 Å². The first-order valence-electron chi connectivity index (χ1n) is 5.20. The fraction of sp³-hybridized carbons (Fsp3) is 0.0769. The van der Waals surface area contributed by atoms with E-state index in [1.165, 1.54) is 6.07 Å². The van der Waals surface area contributed by atoms with E-state index in [0.717, 1.165) is 5.69 Å². The minimum atomic E-state index is -0.426. The standard InChI is InChI=1S/C13H9Cl3FN/c14-10-5-4-9(6-11(10)15)18-7-8-2-1-3-12(17)13(8)16/h1-6,18H,7H2. The van der Waals surface area contributed by atoms with Gasteiger partial charge in [-0.25, -0.2) is 4.39 Å². The van der Waals surface area contributed by atoms with Gasteiger partial charge < -0.3 is 5.32 Å². The predicted octanol–water partition coefficient (Wildman–Crippen LogP) is 5.40. The predicted molar refractivity (Wildman–Crippen MR) is 75.2 cm³/mol. The minimum Gasteiger partial charge on any atom is -0.381 e. The van der Waals surface area contributed by atoms with Crippen LogP contribution in [-0.4, -0.2) is 0 Å². The summed E-state index contributed by atoms with van der Waals surface area (Å²) in [5.74, 6) is -0.426. The third-order valence-corrected chi connectivity index (χ3v) is 3.60. The second-order valence-electron chi connectivity index (χ2n) is 3.70. The summed E-state index contributed by atoms with van der Waals surface area (Å²) in [4.78, 5) is 0. The van der Waals surface area contributed by atoms with Gasteiger partial charge >= 0.3 is 0 Å². The number of benzene rings is 2. The highest BCUT2D eigenvalue weighted by atomic mass is 35.5. The van der Waals surface area contributed by atoms with Crippen molar-refractivity contribution in [2.24, 2.45) is 0 Å². The Bertz CT molecular complexity index is 572. The van der Waals surface area contributed by atoms with Gasteiger partial charge in [0.05, 0.1) is 15.1 Å². The second-order valence-corrected chi connectivity index (χ2v) is 4.89. The fourth-order valence-corrected chi connectivity index (χ4v) is 1.98. The van der Waals surface area contributed by atoms with Crippen molar-refractivity contribution in [3.8, 4) is 0 Å². The zero-order chi connectivity index (χ0) is 13.1. The molecule has 0 atom stereocenters. The number of hydrogen-bond donors (Lipinski definition) is 1. The van der Waals surface area contributed by atoms with Gasteiger partial charge in [-0.1, -0.05) is 46.9 Å². The highest BCUT2D eigenvalue weighted by Gasteiger charge is 2.05. The normalized spacial score (nSPS) is 10.4. The SMILES string of the molecule is Fc1cccc(CNc2ccc(Cl)c(Cl)c2)c1Cl. The lowest BCUT2D eigenvalue weighted by atomic mass is 10.2. The van der Waals surface area contributed by atoms with Crippen LogP contribution in [0, 0.1) is 5.82 Å². The van der Waals surface area contributed by atoms with Gasteiger partial charge in [-0.2, -0.15) is 0 Å². The van der Waals surface area contributed by atoms with Crippen LogP contribution in [0.2, 0.25) is 15.1 Å². The second kappa shape index (κ2) is 5.79. The van der Waals surface area contributed by atoms with E-state index in [9.17, 15) is 4.39 Å². The molecule has 0 aliphatic heterocycles. The molecule has 2 aromatic rings. The summed E-state index contributed by atoms with van der Waals surface area (Å²) in [5.41, 5.74) is 1.48. The fourth-order valence-electron chi connectivity index (χ4n) is 1.49. The molecule has 0 aliphatic rings. The topological polar surface area (TPSA) is 12.0 Å². The van der Waals surface area contributed by atoms with Crippen molar-refractivity contribution in [3.05, 3.63) is 62.8 Å². The van der Waals surface area contributed by atoms with E-state index >= 15 is 0 Å². The Morgan fingerprint density at radius 3 is 2.50 bits per heavy atom. The highest BCUT2D eigenvalue weighted by molar-refractivity contribution is 6.42. The molecule has 1 N–H and O–H groups in total. The van der Waals surface area contributed by atoms with E-state index in [-0.39, 0.29) is 5.02 Å². The molecule has 2 rings (SSSR count). The highest BCUT2D eigenvalue weighted by Crippen LogP contribution is 2.26. The molecular formula is C13H9Cl3FN. The maximum atomic E-state index is 13.2. The largest absolute Gasteiger partial charge is 0.381 e. The Balaban J connectivity index is 2.11. The summed E-state index contributed by atoms with van der Waals surface area (Å²) in [5, 5.41) is 4.19. The van der Waals surface area contributed by atoms with E-state index in [1.807, 2.05) is 0 Å². The Morgan fingerprint density at radius 2 is 1.78 bits per heavy atom. The summed E-state index contributed by atoms with van der Waals surface area (Å²) < 4.78 is 13.2. The van der Waals surface area contributed by atoms with Crippen molar-refractivity contribution in [1.29, 1.82) is 0 Å². The molecule has 0 unspecified atom stereocenters. The molecule has 2 aromatic carbocycles. The first-order valence-corrected chi connectivity index (χ1v) is 6.33. The smallest absolute Gasteiger partial charge is 0.142 e. The third-order valence-electron chi connectivity index (χ3n) is 2.43. The molecule has 0 amide bonds. The lowest BCUT2D eigenvalue weighted by molar-refractivity contribution is 0.626. The van der Waals surface area contributed by atoms with E-state index in [4.69, 9.17) is 34.8 Å². The summed E-state index contributed by atoms with van der Waals surface area (Å²) >= 11 is 17.6. The first-order chi connectivity index (χ1) is 8.58. The van der Waals surface area contributed by atoms with Gasteiger partial charge in [0, 0.05) is 12.2 Å². The van der Waals surface area contributed by atoms with E-state index in [1.54, 1.807) is 30.3 Å².